The maximum atomic E-state index is 13.4. The fraction of sp³-hybridized carbons (Fsp3) is 0.300. The van der Waals surface area contributed by atoms with Gasteiger partial charge in [0.15, 0.2) is 11.5 Å². The lowest BCUT2D eigenvalue weighted by Crippen LogP contribution is -2.44. The minimum atomic E-state index is -0.874. The molecule has 27 heavy (non-hydrogen) atoms. The minimum absolute atomic E-state index is 0.100. The van der Waals surface area contributed by atoms with Crippen LogP contribution in [0.25, 0.3) is 0 Å². The number of Topliss-reactive ketones (excluding diaryl/α,β-unsaturated/α-hetero) is 2. The minimum Gasteiger partial charge on any atom is -0.457 e. The molecule has 2 rings (SSSR count). The summed E-state index contributed by atoms with van der Waals surface area (Å²) < 4.78 is 18.7. The predicted octanol–water partition coefficient (Wildman–Crippen LogP) is 3.12. The molecule has 0 fully saturated rings. The normalized spacial score (nSPS) is 11.0. The van der Waals surface area contributed by atoms with Crippen molar-refractivity contribution >= 4 is 17.5 Å². The van der Waals surface area contributed by atoms with Gasteiger partial charge >= 0.3 is 0 Å². The van der Waals surface area contributed by atoms with Crippen LogP contribution in [0.2, 0.25) is 0 Å². The molecule has 0 spiro atoms. The van der Waals surface area contributed by atoms with E-state index in [2.05, 4.69) is 5.32 Å². The van der Waals surface area contributed by atoms with Gasteiger partial charge in [-0.1, -0.05) is 6.07 Å². The zero-order valence-electron chi connectivity index (χ0n) is 15.5. The number of nitrogens with one attached hydrogen (secondary N) is 1. The maximum absolute atomic E-state index is 13.4. The van der Waals surface area contributed by atoms with Crippen molar-refractivity contribution in [3.63, 3.8) is 0 Å². The van der Waals surface area contributed by atoms with Gasteiger partial charge in [0.05, 0.1) is 11.1 Å². The summed E-state index contributed by atoms with van der Waals surface area (Å²) in [6.45, 7) is 6.72. The quantitative estimate of drug-likeness (QED) is 0.644. The predicted molar refractivity (Wildman–Crippen MR) is 94.8 cm³/mol. The van der Waals surface area contributed by atoms with Crippen molar-refractivity contribution in [2.75, 3.05) is 0 Å². The molecule has 0 saturated heterocycles. The van der Waals surface area contributed by atoms with E-state index in [0.29, 0.717) is 5.56 Å². The maximum Gasteiger partial charge on any atom is 0.296 e. The Labute approximate surface area is 156 Å². The van der Waals surface area contributed by atoms with Crippen LogP contribution in [0, 0.1) is 24.1 Å². The van der Waals surface area contributed by atoms with E-state index >= 15 is 0 Å². The summed E-state index contributed by atoms with van der Waals surface area (Å²) in [6, 6.07) is 6.78. The largest absolute Gasteiger partial charge is 0.457 e. The number of carbonyl (C=O) groups is 3. The molecule has 1 amide bonds. The second-order valence-electron chi connectivity index (χ2n) is 7.14. The zero-order chi connectivity index (χ0) is 20.4. The molecule has 2 aromatic rings. The highest BCUT2D eigenvalue weighted by Crippen LogP contribution is 2.19. The molecule has 0 atom stereocenters. The van der Waals surface area contributed by atoms with Gasteiger partial charge in [-0.3, -0.25) is 14.4 Å². The van der Waals surface area contributed by atoms with Gasteiger partial charge in [0.25, 0.3) is 11.7 Å². The molecule has 0 saturated carbocycles. The van der Waals surface area contributed by atoms with E-state index in [1.54, 1.807) is 26.8 Å². The van der Waals surface area contributed by atoms with E-state index in [0.717, 1.165) is 6.07 Å². The van der Waals surface area contributed by atoms with Gasteiger partial charge in [0.2, 0.25) is 0 Å². The Morgan fingerprint density at radius 2 is 1.89 bits per heavy atom. The first-order valence-corrected chi connectivity index (χ1v) is 8.21. The first kappa shape index (κ1) is 20.0. The van der Waals surface area contributed by atoms with E-state index in [-0.39, 0.29) is 34.9 Å². The number of nitriles is 1. The summed E-state index contributed by atoms with van der Waals surface area (Å²) in [5.41, 5.74) is -0.130. The summed E-state index contributed by atoms with van der Waals surface area (Å²) in [7, 11) is 0. The third-order valence-electron chi connectivity index (χ3n) is 3.65. The van der Waals surface area contributed by atoms with E-state index in [4.69, 9.17) is 9.68 Å². The van der Waals surface area contributed by atoms with E-state index in [1.165, 1.54) is 25.1 Å². The molecule has 140 valence electrons. The molecule has 1 aromatic carbocycles. The van der Waals surface area contributed by atoms with Crippen LogP contribution in [0.3, 0.4) is 0 Å². The standard InChI is InChI=1S/C20H19FN2O4/c1-11-14(9-17(27-11)18(25)19(26)23-20(2,3)4)16(24)8-12-5-6-15(21)13(7-12)10-22/h5-7,9H,8H2,1-4H3,(H,23,26). The monoisotopic (exact) mass is 370 g/mol. The third-order valence-corrected chi connectivity index (χ3v) is 3.65. The summed E-state index contributed by atoms with van der Waals surface area (Å²) in [6.07, 6.45) is -0.100. The highest BCUT2D eigenvalue weighted by atomic mass is 19.1. The first-order valence-electron chi connectivity index (χ1n) is 8.21. The zero-order valence-corrected chi connectivity index (χ0v) is 15.5. The summed E-state index contributed by atoms with van der Waals surface area (Å²) in [5.74, 6) is -2.76. The molecule has 0 bridgehead atoms. The van der Waals surface area contributed by atoms with Gasteiger partial charge < -0.3 is 9.73 Å². The van der Waals surface area contributed by atoms with Crippen molar-refractivity contribution in [2.24, 2.45) is 0 Å². The lowest BCUT2D eigenvalue weighted by molar-refractivity contribution is -0.118. The number of rotatable bonds is 5. The molecule has 0 aliphatic rings. The highest BCUT2D eigenvalue weighted by Gasteiger charge is 2.26. The number of hydrogen-bond acceptors (Lipinski definition) is 5. The molecule has 0 unspecified atom stereocenters. The van der Waals surface area contributed by atoms with Crippen molar-refractivity contribution in [3.8, 4) is 6.07 Å². The van der Waals surface area contributed by atoms with Crippen molar-refractivity contribution in [3.05, 3.63) is 58.3 Å². The highest BCUT2D eigenvalue weighted by molar-refractivity contribution is 6.42. The Balaban J connectivity index is 2.20. The molecule has 0 aliphatic carbocycles. The Morgan fingerprint density at radius 3 is 2.48 bits per heavy atom. The van der Waals surface area contributed by atoms with Gasteiger partial charge in [-0.2, -0.15) is 5.26 Å². The molecule has 1 aromatic heterocycles. The topological polar surface area (TPSA) is 100 Å². The summed E-state index contributed by atoms with van der Waals surface area (Å²) in [4.78, 5) is 36.7. The van der Waals surface area contributed by atoms with Crippen LogP contribution < -0.4 is 5.32 Å². The molecule has 1 N–H and O–H groups in total. The second-order valence-corrected chi connectivity index (χ2v) is 7.14. The van der Waals surface area contributed by atoms with Crippen molar-refractivity contribution in [2.45, 2.75) is 39.7 Å². The van der Waals surface area contributed by atoms with Crippen molar-refractivity contribution in [1.29, 1.82) is 5.26 Å². The fourth-order valence-corrected chi connectivity index (χ4v) is 2.43. The van der Waals surface area contributed by atoms with Crippen molar-refractivity contribution < 1.29 is 23.2 Å². The van der Waals surface area contributed by atoms with Gasteiger partial charge in [-0.25, -0.2) is 4.39 Å². The van der Waals surface area contributed by atoms with Crippen LogP contribution >= 0.6 is 0 Å². The van der Waals surface area contributed by atoms with Gasteiger partial charge in [0.1, 0.15) is 17.6 Å². The molecule has 0 aliphatic heterocycles. The Kier molecular flexibility index (Phi) is 5.60. The number of halogens is 1. The number of furan rings is 1. The Morgan fingerprint density at radius 1 is 1.22 bits per heavy atom. The number of hydrogen-bond donors (Lipinski definition) is 1. The molecule has 7 heteroatoms. The van der Waals surface area contributed by atoms with E-state index in [1.807, 2.05) is 0 Å². The number of ketones is 2. The van der Waals surface area contributed by atoms with Gasteiger partial charge in [-0.05, 0) is 51.5 Å². The molecule has 6 nitrogen and oxygen atoms in total. The summed E-state index contributed by atoms with van der Waals surface area (Å²) >= 11 is 0. The van der Waals surface area contributed by atoms with Crippen LogP contribution in [-0.2, 0) is 11.2 Å². The Bertz CT molecular complexity index is 961. The van der Waals surface area contributed by atoms with Crippen LogP contribution in [-0.4, -0.2) is 23.0 Å². The average molecular weight is 370 g/mol. The molecular weight excluding hydrogens is 351 g/mol. The van der Waals surface area contributed by atoms with Crippen LogP contribution in [0.5, 0.6) is 0 Å². The number of benzene rings is 1. The number of amides is 1. The smallest absolute Gasteiger partial charge is 0.296 e. The number of nitrogens with zero attached hydrogens (tertiary/aromatic N) is 1. The van der Waals surface area contributed by atoms with Crippen LogP contribution in [0.4, 0.5) is 4.39 Å². The first-order chi connectivity index (χ1) is 12.5. The van der Waals surface area contributed by atoms with Crippen molar-refractivity contribution in [1.82, 2.24) is 5.32 Å². The van der Waals surface area contributed by atoms with Gasteiger partial charge in [0, 0.05) is 12.0 Å². The number of aryl methyl sites for hydroxylation is 1. The Hall–Kier alpha value is -3.27. The van der Waals surface area contributed by atoms with E-state index < -0.39 is 23.0 Å². The lowest BCUT2D eigenvalue weighted by atomic mass is 10.0. The average Bonchev–Trinajstić information content (AvgIpc) is 2.96. The van der Waals surface area contributed by atoms with Crippen LogP contribution in [0.1, 0.15) is 58.6 Å². The van der Waals surface area contributed by atoms with E-state index in [9.17, 15) is 18.8 Å². The fourth-order valence-electron chi connectivity index (χ4n) is 2.43. The lowest BCUT2D eigenvalue weighted by Gasteiger charge is -2.19. The number of carbonyl (C=O) groups excluding carboxylic acids is 3. The van der Waals surface area contributed by atoms with Gasteiger partial charge in [-0.15, -0.1) is 0 Å². The second kappa shape index (κ2) is 7.54. The SMILES string of the molecule is Cc1oc(C(=O)C(=O)NC(C)(C)C)cc1C(=O)Cc1ccc(F)c(C#N)c1. The third kappa shape index (κ3) is 4.88. The molecule has 0 radical (unpaired) electrons. The molecule has 1 heterocycles. The van der Waals surface area contributed by atoms with Crippen LogP contribution in [0.15, 0.2) is 28.7 Å². The molecular formula is C20H19FN2O4. The summed E-state index contributed by atoms with van der Waals surface area (Å²) in [5, 5.41) is 11.4.